The van der Waals surface area contributed by atoms with Crippen LogP contribution in [-0.2, 0) is 14.3 Å². The summed E-state index contributed by atoms with van der Waals surface area (Å²) in [5, 5.41) is 11.2. The van der Waals surface area contributed by atoms with Crippen LogP contribution in [0.3, 0.4) is 0 Å². The van der Waals surface area contributed by atoms with E-state index in [1.165, 1.54) is 50.5 Å². The minimum Gasteiger partial charge on any atom is -0.507 e. The molecule has 0 aliphatic carbocycles. The van der Waals surface area contributed by atoms with Crippen LogP contribution in [0.2, 0.25) is 10.0 Å². The number of aliphatic hydroxyl groups is 1. The van der Waals surface area contributed by atoms with Gasteiger partial charge in [0.25, 0.3) is 11.7 Å². The molecule has 0 saturated carbocycles. The number of halogens is 3. The molecule has 10 heteroatoms. The summed E-state index contributed by atoms with van der Waals surface area (Å²) < 4.78 is 30.3. The number of benzene rings is 2. The molecule has 2 aromatic rings. The number of ether oxygens (including phenoxy) is 3. The monoisotopic (exact) mass is 497 g/mol. The van der Waals surface area contributed by atoms with E-state index in [1.54, 1.807) is 6.07 Å². The van der Waals surface area contributed by atoms with Crippen LogP contribution in [0.4, 0.5) is 4.39 Å². The van der Waals surface area contributed by atoms with Crippen molar-refractivity contribution in [2.45, 2.75) is 12.5 Å². The number of hydrogen-bond acceptors (Lipinski definition) is 6. The Morgan fingerprint density at radius 2 is 1.79 bits per heavy atom. The van der Waals surface area contributed by atoms with E-state index < -0.39 is 29.3 Å². The maximum Gasteiger partial charge on any atom is 0.295 e. The lowest BCUT2D eigenvalue weighted by atomic mass is 9.94. The number of methoxy groups -OCH3 is 3. The van der Waals surface area contributed by atoms with E-state index in [4.69, 9.17) is 37.4 Å². The highest BCUT2D eigenvalue weighted by Crippen LogP contribution is 2.47. The Hall–Kier alpha value is -2.81. The largest absolute Gasteiger partial charge is 0.507 e. The average Bonchev–Trinajstić information content (AvgIpc) is 3.04. The molecule has 1 unspecified atom stereocenters. The van der Waals surface area contributed by atoms with Crippen LogP contribution in [0.25, 0.3) is 5.76 Å². The van der Waals surface area contributed by atoms with Gasteiger partial charge in [-0.3, -0.25) is 9.59 Å². The molecular formula is C23H22Cl2FNO6. The van der Waals surface area contributed by atoms with Gasteiger partial charge in [-0.25, -0.2) is 4.39 Å². The molecule has 1 heterocycles. The maximum absolute atomic E-state index is 14.8. The molecule has 1 fully saturated rings. The van der Waals surface area contributed by atoms with Gasteiger partial charge in [0.2, 0.25) is 0 Å². The number of carbonyl (C=O) groups is 2. The summed E-state index contributed by atoms with van der Waals surface area (Å²) in [7, 11) is 4.17. The van der Waals surface area contributed by atoms with Crippen LogP contribution < -0.4 is 9.47 Å². The molecule has 1 aliphatic rings. The van der Waals surface area contributed by atoms with E-state index >= 15 is 0 Å². The van der Waals surface area contributed by atoms with Crippen molar-refractivity contribution in [3.8, 4) is 11.5 Å². The number of ketones is 1. The molecule has 0 bridgehead atoms. The number of likely N-dealkylation sites (tertiary alicyclic amines) is 1. The number of Topliss-reactive ketones (excluding diaryl/α,β-unsaturated/α-hetero) is 1. The zero-order chi connectivity index (χ0) is 24.3. The molecule has 2 aromatic carbocycles. The van der Waals surface area contributed by atoms with Crippen LogP contribution in [0.15, 0.2) is 35.9 Å². The molecule has 0 radical (unpaired) electrons. The van der Waals surface area contributed by atoms with Gasteiger partial charge in [-0.15, -0.1) is 0 Å². The van der Waals surface area contributed by atoms with Gasteiger partial charge in [-0.2, -0.15) is 0 Å². The normalized spacial score (nSPS) is 17.5. The van der Waals surface area contributed by atoms with E-state index in [0.717, 1.165) is 0 Å². The smallest absolute Gasteiger partial charge is 0.295 e. The molecule has 0 aromatic heterocycles. The molecule has 1 aliphatic heterocycles. The van der Waals surface area contributed by atoms with Gasteiger partial charge in [0.05, 0.1) is 36.4 Å². The highest BCUT2D eigenvalue weighted by atomic mass is 35.5. The van der Waals surface area contributed by atoms with Gasteiger partial charge in [0.15, 0.2) is 11.5 Å². The van der Waals surface area contributed by atoms with Gasteiger partial charge in [-0.1, -0.05) is 41.4 Å². The molecule has 7 nitrogen and oxygen atoms in total. The van der Waals surface area contributed by atoms with E-state index in [-0.39, 0.29) is 44.8 Å². The van der Waals surface area contributed by atoms with Crippen LogP contribution >= 0.6 is 23.2 Å². The Morgan fingerprint density at radius 1 is 1.12 bits per heavy atom. The number of carbonyl (C=O) groups excluding carboxylic acids is 2. The molecule has 1 N–H and O–H groups in total. The lowest BCUT2D eigenvalue weighted by molar-refractivity contribution is -0.140. The Morgan fingerprint density at radius 3 is 2.39 bits per heavy atom. The third kappa shape index (κ3) is 4.51. The summed E-state index contributed by atoms with van der Waals surface area (Å²) in [6.07, 6.45) is 0.401. The predicted octanol–water partition coefficient (Wildman–Crippen LogP) is 4.61. The summed E-state index contributed by atoms with van der Waals surface area (Å²) >= 11 is 12.6. The fourth-order valence-electron chi connectivity index (χ4n) is 3.80. The van der Waals surface area contributed by atoms with Crippen molar-refractivity contribution in [2.75, 3.05) is 34.5 Å². The first-order valence-corrected chi connectivity index (χ1v) is 10.7. The second kappa shape index (κ2) is 10.4. The van der Waals surface area contributed by atoms with Crippen molar-refractivity contribution < 1.29 is 33.3 Å². The first kappa shape index (κ1) is 24.8. The number of rotatable bonds is 8. The topological polar surface area (TPSA) is 85.3 Å². The lowest BCUT2D eigenvalue weighted by Gasteiger charge is -2.25. The predicted molar refractivity (Wildman–Crippen MR) is 121 cm³/mol. The van der Waals surface area contributed by atoms with Gasteiger partial charge in [-0.05, 0) is 18.6 Å². The molecule has 33 heavy (non-hydrogen) atoms. The average molecular weight is 498 g/mol. The number of amides is 1. The summed E-state index contributed by atoms with van der Waals surface area (Å²) in [5.41, 5.74) is -0.289. The van der Waals surface area contributed by atoms with Gasteiger partial charge >= 0.3 is 0 Å². The first-order valence-electron chi connectivity index (χ1n) is 9.90. The molecule has 0 spiro atoms. The summed E-state index contributed by atoms with van der Waals surface area (Å²) in [6.45, 7) is 0.431. The van der Waals surface area contributed by atoms with Crippen molar-refractivity contribution in [3.63, 3.8) is 0 Å². The van der Waals surface area contributed by atoms with Gasteiger partial charge < -0.3 is 24.2 Å². The quantitative estimate of drug-likeness (QED) is 0.248. The van der Waals surface area contributed by atoms with E-state index in [2.05, 4.69) is 0 Å². The second-order valence-corrected chi connectivity index (χ2v) is 7.93. The van der Waals surface area contributed by atoms with Crippen molar-refractivity contribution >= 4 is 40.7 Å². The van der Waals surface area contributed by atoms with E-state index in [1.807, 2.05) is 0 Å². The third-order valence-corrected chi connectivity index (χ3v) is 5.91. The molecular weight excluding hydrogens is 476 g/mol. The Kier molecular flexibility index (Phi) is 7.84. The third-order valence-electron chi connectivity index (χ3n) is 5.28. The number of aliphatic hydroxyl groups excluding tert-OH is 1. The van der Waals surface area contributed by atoms with Crippen molar-refractivity contribution in [1.82, 2.24) is 4.90 Å². The lowest BCUT2D eigenvalue weighted by Crippen LogP contribution is -2.31. The first-order chi connectivity index (χ1) is 15.8. The van der Waals surface area contributed by atoms with E-state index in [0.29, 0.717) is 13.0 Å². The molecule has 3 rings (SSSR count). The fourth-order valence-corrected chi connectivity index (χ4v) is 4.49. The Labute approximate surface area is 200 Å². The fraction of sp³-hybridized carbons (Fsp3) is 0.304. The van der Waals surface area contributed by atoms with Crippen LogP contribution in [0.5, 0.6) is 11.5 Å². The van der Waals surface area contributed by atoms with Gasteiger partial charge in [0.1, 0.15) is 16.6 Å². The van der Waals surface area contributed by atoms with Crippen molar-refractivity contribution in [2.24, 2.45) is 0 Å². The Balaban J connectivity index is 2.27. The Bertz CT molecular complexity index is 1120. The number of hydrogen-bond donors (Lipinski definition) is 1. The van der Waals surface area contributed by atoms with Crippen molar-refractivity contribution in [1.29, 1.82) is 0 Å². The van der Waals surface area contributed by atoms with Crippen LogP contribution in [0.1, 0.15) is 23.6 Å². The molecule has 1 atom stereocenters. The van der Waals surface area contributed by atoms with Crippen molar-refractivity contribution in [3.05, 3.63) is 62.9 Å². The zero-order valence-corrected chi connectivity index (χ0v) is 19.7. The summed E-state index contributed by atoms with van der Waals surface area (Å²) in [5.74, 6) is -2.98. The SMILES string of the molecule is COCCCN1C(=O)C(=O)/C(=C(/O)c2cc(Cl)c(OC)c(Cl)c2OC)C1c1ccccc1F. The standard InChI is InChI=1S/C23H22Cl2FNO6/c1-31-10-6-9-27-18(12-7-4-5-8-15(12)26)16(20(29)23(27)30)19(28)13-11-14(24)22(33-3)17(25)21(13)32-2/h4-5,7-8,11,18,28H,6,9-10H2,1-3H3/b19-16+. The minimum atomic E-state index is -1.17. The maximum atomic E-state index is 14.8. The van der Waals surface area contributed by atoms with E-state index in [9.17, 15) is 19.1 Å². The zero-order valence-electron chi connectivity index (χ0n) is 18.2. The highest BCUT2D eigenvalue weighted by Gasteiger charge is 2.47. The molecule has 176 valence electrons. The van der Waals surface area contributed by atoms with Crippen LogP contribution in [0, 0.1) is 5.82 Å². The minimum absolute atomic E-state index is 0.0201. The summed E-state index contributed by atoms with van der Waals surface area (Å²) in [4.78, 5) is 27.2. The number of nitrogens with zero attached hydrogens (tertiary/aromatic N) is 1. The molecule has 1 saturated heterocycles. The highest BCUT2D eigenvalue weighted by molar-refractivity contribution is 6.47. The molecule has 1 amide bonds. The van der Waals surface area contributed by atoms with Crippen LogP contribution in [-0.4, -0.2) is 56.2 Å². The second-order valence-electron chi connectivity index (χ2n) is 7.15. The summed E-state index contributed by atoms with van der Waals surface area (Å²) in [6, 6.07) is 5.86. The van der Waals surface area contributed by atoms with Gasteiger partial charge in [0, 0.05) is 25.8 Å².